The van der Waals surface area contributed by atoms with Crippen LogP contribution in [0.3, 0.4) is 0 Å². The van der Waals surface area contributed by atoms with Crippen LogP contribution in [-0.4, -0.2) is 37.5 Å². The van der Waals surface area contributed by atoms with E-state index in [1.807, 2.05) is 0 Å². The normalized spacial score (nSPS) is 36.0. The predicted molar refractivity (Wildman–Crippen MR) is 119 cm³/mol. The fourth-order valence-electron chi connectivity index (χ4n) is 7.21. The molecule has 5 aliphatic rings. The molecule has 0 unspecified atom stereocenters. The van der Waals surface area contributed by atoms with E-state index in [1.54, 1.807) is 6.92 Å². The smallest absolute Gasteiger partial charge is 0.228 e. The van der Waals surface area contributed by atoms with E-state index in [0.29, 0.717) is 18.5 Å². The van der Waals surface area contributed by atoms with Crippen molar-refractivity contribution < 1.29 is 13.2 Å². The summed E-state index contributed by atoms with van der Waals surface area (Å²) < 4.78 is 25.8. The topological polar surface area (TPSA) is 66.5 Å². The Balaban J connectivity index is 1.25. The molecule has 6 rings (SSSR count). The lowest BCUT2D eigenvalue weighted by atomic mass is 9.48. The molecule has 30 heavy (non-hydrogen) atoms. The molecule has 0 spiro atoms. The zero-order valence-electron chi connectivity index (χ0n) is 18.0. The van der Waals surface area contributed by atoms with Crippen molar-refractivity contribution in [3.05, 3.63) is 29.8 Å². The summed E-state index contributed by atoms with van der Waals surface area (Å²) in [4.78, 5) is 12.8. The molecule has 4 bridgehead atoms. The Labute approximate surface area is 180 Å². The van der Waals surface area contributed by atoms with Crippen molar-refractivity contribution in [2.24, 2.45) is 23.7 Å². The number of sulfonamides is 1. The second-order valence-corrected chi connectivity index (χ2v) is 12.6. The van der Waals surface area contributed by atoms with Gasteiger partial charge in [-0.25, -0.2) is 12.7 Å². The van der Waals surface area contributed by atoms with E-state index in [2.05, 4.69) is 29.6 Å². The zero-order chi connectivity index (χ0) is 20.9. The molecule has 0 aromatic heterocycles. The first-order valence-corrected chi connectivity index (χ1v) is 13.4. The van der Waals surface area contributed by atoms with Crippen LogP contribution in [0.25, 0.3) is 0 Å². The standard InChI is InChI=1S/C24H34N2O3S/c1-2-30(28,29)26-9-3-4-20(16-26)23(27)25-22-7-5-21(6-8-22)24-13-17-10-18(14-24)12-19(11-17)15-24/h5-8,17-20H,2-4,9-16H2,1H3,(H,25,27)/t17?,18?,19?,20-,24?/m0/s1. The van der Waals surface area contributed by atoms with Gasteiger partial charge in [0.1, 0.15) is 0 Å². The van der Waals surface area contributed by atoms with Crippen LogP contribution in [-0.2, 0) is 20.2 Å². The van der Waals surface area contributed by atoms with Gasteiger partial charge in [-0.15, -0.1) is 0 Å². The van der Waals surface area contributed by atoms with Crippen LogP contribution in [0.15, 0.2) is 24.3 Å². The average Bonchev–Trinajstić information content (AvgIpc) is 2.73. The van der Waals surface area contributed by atoms with Crippen molar-refractivity contribution in [1.29, 1.82) is 0 Å². The number of benzene rings is 1. The SMILES string of the molecule is CCS(=O)(=O)N1CCC[C@H](C(=O)Nc2ccc(C34CC5CC(CC(C5)C3)C4)cc2)C1. The maximum absolute atomic E-state index is 12.8. The number of amides is 1. The number of nitrogens with zero attached hydrogens (tertiary/aromatic N) is 1. The molecule has 1 aromatic rings. The van der Waals surface area contributed by atoms with Crippen molar-refractivity contribution in [2.75, 3.05) is 24.2 Å². The van der Waals surface area contributed by atoms with Crippen LogP contribution in [0.2, 0.25) is 0 Å². The third kappa shape index (κ3) is 3.70. The molecule has 1 heterocycles. The fourth-order valence-corrected chi connectivity index (χ4v) is 8.39. The Morgan fingerprint density at radius 1 is 1.07 bits per heavy atom. The minimum Gasteiger partial charge on any atom is -0.326 e. The molecule has 164 valence electrons. The summed E-state index contributed by atoms with van der Waals surface area (Å²) in [6.45, 7) is 2.48. The molecule has 4 saturated carbocycles. The highest BCUT2D eigenvalue weighted by molar-refractivity contribution is 7.89. The zero-order valence-corrected chi connectivity index (χ0v) is 18.8. The summed E-state index contributed by atoms with van der Waals surface area (Å²) >= 11 is 0. The van der Waals surface area contributed by atoms with E-state index in [4.69, 9.17) is 0 Å². The predicted octanol–water partition coefficient (Wildman–Crippen LogP) is 4.15. The second kappa shape index (κ2) is 7.63. The fraction of sp³-hybridized carbons (Fsp3) is 0.708. The van der Waals surface area contributed by atoms with Crippen molar-refractivity contribution in [3.8, 4) is 0 Å². The van der Waals surface area contributed by atoms with Crippen molar-refractivity contribution in [1.82, 2.24) is 4.31 Å². The first-order chi connectivity index (χ1) is 14.4. The molecule has 1 saturated heterocycles. The Morgan fingerprint density at radius 2 is 1.67 bits per heavy atom. The molecule has 5 nitrogen and oxygen atoms in total. The average molecular weight is 431 g/mol. The lowest BCUT2D eigenvalue weighted by molar-refractivity contribution is -0.120. The van der Waals surface area contributed by atoms with E-state index in [1.165, 1.54) is 48.4 Å². The van der Waals surface area contributed by atoms with Gasteiger partial charge in [0.2, 0.25) is 15.9 Å². The summed E-state index contributed by atoms with van der Waals surface area (Å²) in [7, 11) is -3.24. The third-order valence-electron chi connectivity index (χ3n) is 8.32. The number of hydrogen-bond donors (Lipinski definition) is 1. The lowest BCUT2D eigenvalue weighted by Crippen LogP contribution is -2.48. The molecular weight excluding hydrogens is 396 g/mol. The highest BCUT2D eigenvalue weighted by Crippen LogP contribution is 2.60. The number of rotatable bonds is 5. The molecule has 5 fully saturated rings. The molecule has 1 amide bonds. The summed E-state index contributed by atoms with van der Waals surface area (Å²) in [5, 5.41) is 3.04. The van der Waals surface area contributed by atoms with E-state index < -0.39 is 10.0 Å². The van der Waals surface area contributed by atoms with Crippen molar-refractivity contribution in [2.45, 2.75) is 63.7 Å². The van der Waals surface area contributed by atoms with Crippen LogP contribution in [0.5, 0.6) is 0 Å². The molecule has 6 heteroatoms. The van der Waals surface area contributed by atoms with E-state index in [9.17, 15) is 13.2 Å². The highest BCUT2D eigenvalue weighted by Gasteiger charge is 2.51. The number of carbonyl (C=O) groups excluding carboxylic acids is 1. The first-order valence-electron chi connectivity index (χ1n) is 11.8. The maximum atomic E-state index is 12.8. The van der Waals surface area contributed by atoms with Gasteiger partial charge in [-0.05, 0) is 99.2 Å². The highest BCUT2D eigenvalue weighted by atomic mass is 32.2. The minimum atomic E-state index is -3.24. The molecule has 0 radical (unpaired) electrons. The van der Waals surface area contributed by atoms with Gasteiger partial charge in [0.05, 0.1) is 11.7 Å². The second-order valence-electron chi connectivity index (χ2n) is 10.4. The van der Waals surface area contributed by atoms with Crippen LogP contribution in [0, 0.1) is 23.7 Å². The van der Waals surface area contributed by atoms with Gasteiger partial charge < -0.3 is 5.32 Å². The van der Waals surface area contributed by atoms with Gasteiger partial charge in [-0.2, -0.15) is 0 Å². The summed E-state index contributed by atoms with van der Waals surface area (Å²) in [5.41, 5.74) is 2.65. The molecule has 1 atom stereocenters. The van der Waals surface area contributed by atoms with E-state index in [-0.39, 0.29) is 17.6 Å². The molecular formula is C24H34N2O3S. The Morgan fingerprint density at radius 3 is 2.23 bits per heavy atom. The van der Waals surface area contributed by atoms with Gasteiger partial charge in [-0.1, -0.05) is 12.1 Å². The van der Waals surface area contributed by atoms with E-state index in [0.717, 1.165) is 36.3 Å². The quantitative estimate of drug-likeness (QED) is 0.763. The molecule has 1 N–H and O–H groups in total. The summed E-state index contributed by atoms with van der Waals surface area (Å²) in [5.74, 6) is 2.52. The number of piperidine rings is 1. The minimum absolute atomic E-state index is 0.0615. The summed E-state index contributed by atoms with van der Waals surface area (Å²) in [6, 6.07) is 8.57. The van der Waals surface area contributed by atoms with Gasteiger partial charge >= 0.3 is 0 Å². The van der Waals surface area contributed by atoms with Gasteiger partial charge in [0, 0.05) is 18.8 Å². The van der Waals surface area contributed by atoms with Crippen LogP contribution < -0.4 is 5.32 Å². The lowest BCUT2D eigenvalue weighted by Gasteiger charge is -2.57. The summed E-state index contributed by atoms with van der Waals surface area (Å²) in [6.07, 6.45) is 9.84. The van der Waals surface area contributed by atoms with Crippen LogP contribution in [0.4, 0.5) is 5.69 Å². The van der Waals surface area contributed by atoms with Crippen LogP contribution >= 0.6 is 0 Å². The maximum Gasteiger partial charge on any atom is 0.228 e. The van der Waals surface area contributed by atoms with Gasteiger partial charge in [-0.3, -0.25) is 4.79 Å². The van der Waals surface area contributed by atoms with Crippen LogP contribution in [0.1, 0.15) is 63.9 Å². The molecule has 1 aliphatic heterocycles. The Hall–Kier alpha value is -1.40. The Bertz CT molecular complexity index is 874. The van der Waals surface area contributed by atoms with Crippen molar-refractivity contribution >= 4 is 21.6 Å². The van der Waals surface area contributed by atoms with Crippen molar-refractivity contribution in [3.63, 3.8) is 0 Å². The number of nitrogens with one attached hydrogen (secondary N) is 1. The molecule has 1 aromatic carbocycles. The number of anilines is 1. The van der Waals surface area contributed by atoms with Gasteiger partial charge in [0.15, 0.2) is 0 Å². The largest absolute Gasteiger partial charge is 0.326 e. The van der Waals surface area contributed by atoms with Gasteiger partial charge in [0.25, 0.3) is 0 Å². The third-order valence-corrected chi connectivity index (χ3v) is 10.2. The van der Waals surface area contributed by atoms with E-state index >= 15 is 0 Å². The number of hydrogen-bond acceptors (Lipinski definition) is 3. The Kier molecular flexibility index (Phi) is 5.21. The first kappa shape index (κ1) is 20.5. The number of carbonyl (C=O) groups is 1. The molecule has 4 aliphatic carbocycles. The monoisotopic (exact) mass is 430 g/mol.